The quantitative estimate of drug-likeness (QED) is 0.692. The number of hydrogen-bond donors (Lipinski definition) is 2. The van der Waals surface area contributed by atoms with Crippen LogP contribution >= 0.6 is 0 Å². The fourth-order valence-electron chi connectivity index (χ4n) is 3.94. The Labute approximate surface area is 179 Å². The summed E-state index contributed by atoms with van der Waals surface area (Å²) in [5.74, 6) is -0.554. The van der Waals surface area contributed by atoms with Crippen molar-refractivity contribution in [1.29, 1.82) is 0 Å². The number of nitrogens with one attached hydrogen (secondary N) is 2. The number of amides is 2. The molecule has 1 unspecified atom stereocenters. The summed E-state index contributed by atoms with van der Waals surface area (Å²) in [7, 11) is 0. The number of hydrazine groups is 1. The lowest BCUT2D eigenvalue weighted by Gasteiger charge is -2.26. The molecule has 0 radical (unpaired) electrons. The first-order chi connectivity index (χ1) is 15.2. The number of benzene rings is 3. The van der Waals surface area contributed by atoms with Crippen LogP contribution in [0.1, 0.15) is 27.5 Å². The smallest absolute Gasteiger partial charge is 0.263 e. The minimum atomic E-state index is -0.749. The van der Waals surface area contributed by atoms with Crippen molar-refractivity contribution < 1.29 is 9.59 Å². The van der Waals surface area contributed by atoms with E-state index in [1.54, 1.807) is 35.5 Å². The van der Waals surface area contributed by atoms with Crippen molar-refractivity contribution >= 4 is 29.3 Å². The zero-order valence-electron chi connectivity index (χ0n) is 16.6. The molecule has 6 nitrogen and oxygen atoms in total. The van der Waals surface area contributed by atoms with E-state index >= 15 is 0 Å². The molecule has 0 spiro atoms. The summed E-state index contributed by atoms with van der Waals surface area (Å²) in [4.78, 5) is 30.2. The molecule has 2 aliphatic heterocycles. The maximum Gasteiger partial charge on any atom is 0.263 e. The van der Waals surface area contributed by atoms with Crippen LogP contribution in [0.5, 0.6) is 0 Å². The second-order valence-corrected chi connectivity index (χ2v) is 7.42. The molecule has 3 aromatic rings. The fourth-order valence-corrected chi connectivity index (χ4v) is 3.94. The van der Waals surface area contributed by atoms with Gasteiger partial charge in [0.2, 0.25) is 0 Å². The first-order valence-corrected chi connectivity index (χ1v) is 10.1. The Hall–Kier alpha value is -4.19. The van der Waals surface area contributed by atoms with Crippen LogP contribution in [0.15, 0.2) is 96.1 Å². The van der Waals surface area contributed by atoms with E-state index in [2.05, 4.69) is 15.7 Å². The molecule has 5 rings (SSSR count). The lowest BCUT2D eigenvalue weighted by Crippen LogP contribution is -2.42. The second kappa shape index (κ2) is 7.91. The van der Waals surface area contributed by atoms with Gasteiger partial charge in [-0.25, -0.2) is 0 Å². The molecule has 0 aromatic heterocycles. The molecule has 152 valence electrons. The van der Waals surface area contributed by atoms with Crippen LogP contribution in [0.4, 0.5) is 5.69 Å². The van der Waals surface area contributed by atoms with Gasteiger partial charge in [0.25, 0.3) is 11.8 Å². The number of hydrogen-bond acceptors (Lipinski definition) is 4. The molecular weight excluding hydrogens is 388 g/mol. The summed E-state index contributed by atoms with van der Waals surface area (Å²) in [5.41, 5.74) is 7.12. The van der Waals surface area contributed by atoms with E-state index < -0.39 is 12.1 Å². The molecule has 2 heterocycles. The second-order valence-electron chi connectivity index (χ2n) is 7.42. The van der Waals surface area contributed by atoms with Crippen LogP contribution in [0, 0.1) is 0 Å². The molecule has 0 bridgehead atoms. The molecule has 31 heavy (non-hydrogen) atoms. The van der Waals surface area contributed by atoms with Crippen molar-refractivity contribution in [1.82, 2.24) is 15.8 Å². The fraction of sp³-hybridized carbons (Fsp3) is 0.0800. The normalized spacial score (nSPS) is 20.6. The van der Waals surface area contributed by atoms with Crippen LogP contribution in [0.25, 0.3) is 5.57 Å². The standard InChI is InChI=1S/C25H20N4O2/c30-24(18-11-5-2-6-12-18)27-22-23(17-9-3-1-4-10-17)29(28-25(22)31)16-19-15-26-21-14-8-7-13-20(19)21/h1-16,22-23H,(H,27,30)(H,28,31)/b19-16+/t22?,23-/m1/s1. The molecule has 2 N–H and O–H groups in total. The molecule has 6 heteroatoms. The van der Waals surface area contributed by atoms with Gasteiger partial charge in [0.05, 0.1) is 5.69 Å². The zero-order valence-corrected chi connectivity index (χ0v) is 16.6. The summed E-state index contributed by atoms with van der Waals surface area (Å²) in [6, 6.07) is 25.3. The Balaban J connectivity index is 1.49. The zero-order chi connectivity index (χ0) is 21.2. The van der Waals surface area contributed by atoms with E-state index in [0.29, 0.717) is 5.56 Å². The van der Waals surface area contributed by atoms with E-state index in [0.717, 1.165) is 22.4 Å². The largest absolute Gasteiger partial charge is 0.338 e. The van der Waals surface area contributed by atoms with Gasteiger partial charge >= 0.3 is 0 Å². The van der Waals surface area contributed by atoms with Crippen molar-refractivity contribution in [2.24, 2.45) is 4.99 Å². The minimum Gasteiger partial charge on any atom is -0.338 e. The molecule has 1 fully saturated rings. The van der Waals surface area contributed by atoms with Crippen LogP contribution in [0.3, 0.4) is 0 Å². The highest BCUT2D eigenvalue weighted by molar-refractivity contribution is 6.16. The molecule has 2 atom stereocenters. The van der Waals surface area contributed by atoms with Gasteiger partial charge in [-0.1, -0.05) is 66.7 Å². The third kappa shape index (κ3) is 3.59. The SMILES string of the molecule is O=C(NC1C(=O)NN(/C=C2\C=Nc3ccccc32)[C@@H]1c1ccccc1)c1ccccc1. The number of aliphatic imine (C=N–C) groups is 1. The lowest BCUT2D eigenvalue weighted by atomic mass is 9.99. The average molecular weight is 408 g/mol. The Morgan fingerprint density at radius 2 is 1.61 bits per heavy atom. The highest BCUT2D eigenvalue weighted by atomic mass is 16.2. The van der Waals surface area contributed by atoms with Gasteiger partial charge < -0.3 is 5.32 Å². The van der Waals surface area contributed by atoms with Gasteiger partial charge in [0, 0.05) is 29.1 Å². The van der Waals surface area contributed by atoms with Crippen LogP contribution in [0.2, 0.25) is 0 Å². The van der Waals surface area contributed by atoms with Gasteiger partial charge in [-0.3, -0.25) is 25.0 Å². The number of para-hydroxylation sites is 1. The van der Waals surface area contributed by atoms with E-state index in [4.69, 9.17) is 0 Å². The van der Waals surface area contributed by atoms with Crippen molar-refractivity contribution in [2.45, 2.75) is 12.1 Å². The summed E-state index contributed by atoms with van der Waals surface area (Å²) < 4.78 is 0. The van der Waals surface area contributed by atoms with Crippen LogP contribution in [-0.4, -0.2) is 29.1 Å². The number of nitrogens with zero attached hydrogens (tertiary/aromatic N) is 2. The molecular formula is C25H20N4O2. The number of rotatable bonds is 4. The maximum absolute atomic E-state index is 12.9. The predicted octanol–water partition coefficient (Wildman–Crippen LogP) is 3.63. The maximum atomic E-state index is 12.9. The monoisotopic (exact) mass is 408 g/mol. The summed E-state index contributed by atoms with van der Waals surface area (Å²) in [6.45, 7) is 0. The number of carbonyl (C=O) groups is 2. The third-order valence-electron chi connectivity index (χ3n) is 5.44. The average Bonchev–Trinajstić information content (AvgIpc) is 3.36. The first kappa shape index (κ1) is 18.8. The van der Waals surface area contributed by atoms with E-state index in [1.807, 2.05) is 66.9 Å². The highest BCUT2D eigenvalue weighted by Crippen LogP contribution is 2.34. The summed E-state index contributed by atoms with van der Waals surface area (Å²) >= 11 is 0. The first-order valence-electron chi connectivity index (χ1n) is 10.1. The van der Waals surface area contributed by atoms with E-state index in [9.17, 15) is 9.59 Å². The van der Waals surface area contributed by atoms with Crippen molar-refractivity contribution in [2.75, 3.05) is 0 Å². The molecule has 0 aliphatic carbocycles. The number of allylic oxidation sites excluding steroid dienone is 1. The van der Waals surface area contributed by atoms with Gasteiger partial charge in [-0.15, -0.1) is 0 Å². The van der Waals surface area contributed by atoms with Crippen LogP contribution in [-0.2, 0) is 4.79 Å². The number of carbonyl (C=O) groups excluding carboxylic acids is 2. The van der Waals surface area contributed by atoms with Crippen LogP contribution < -0.4 is 10.7 Å². The third-order valence-corrected chi connectivity index (χ3v) is 5.44. The van der Waals surface area contributed by atoms with Crippen molar-refractivity contribution in [3.05, 3.63) is 108 Å². The molecule has 2 amide bonds. The van der Waals surface area contributed by atoms with Crippen molar-refractivity contribution in [3.8, 4) is 0 Å². The van der Waals surface area contributed by atoms with E-state index in [-0.39, 0.29) is 11.8 Å². The number of fused-ring (bicyclic) bond motifs is 1. The minimum absolute atomic E-state index is 0.266. The van der Waals surface area contributed by atoms with Crippen molar-refractivity contribution in [3.63, 3.8) is 0 Å². The molecule has 3 aromatic carbocycles. The Bertz CT molecular complexity index is 1190. The Morgan fingerprint density at radius 3 is 2.39 bits per heavy atom. The summed E-state index contributed by atoms with van der Waals surface area (Å²) in [6.07, 6.45) is 3.66. The van der Waals surface area contributed by atoms with Gasteiger partial charge in [-0.05, 0) is 23.8 Å². The van der Waals surface area contributed by atoms with E-state index in [1.165, 1.54) is 0 Å². The Morgan fingerprint density at radius 1 is 0.935 bits per heavy atom. The van der Waals surface area contributed by atoms with Gasteiger partial charge in [0.1, 0.15) is 12.1 Å². The highest BCUT2D eigenvalue weighted by Gasteiger charge is 2.42. The Kier molecular flexibility index (Phi) is 4.80. The molecule has 1 saturated heterocycles. The summed E-state index contributed by atoms with van der Waals surface area (Å²) in [5, 5.41) is 4.67. The van der Waals surface area contributed by atoms with Gasteiger partial charge in [0.15, 0.2) is 0 Å². The predicted molar refractivity (Wildman–Crippen MR) is 119 cm³/mol. The topological polar surface area (TPSA) is 73.8 Å². The molecule has 0 saturated carbocycles. The van der Waals surface area contributed by atoms with Gasteiger partial charge in [-0.2, -0.15) is 0 Å². The molecule has 2 aliphatic rings. The lowest BCUT2D eigenvalue weighted by molar-refractivity contribution is -0.121.